The van der Waals surface area contributed by atoms with Crippen LogP contribution in [0.3, 0.4) is 0 Å². The van der Waals surface area contributed by atoms with Gasteiger partial charge in [0.25, 0.3) is 0 Å². The van der Waals surface area contributed by atoms with E-state index in [-0.39, 0.29) is 11.4 Å². The molecule has 7 heteroatoms. The van der Waals surface area contributed by atoms with Gasteiger partial charge in [-0.2, -0.15) is 0 Å². The van der Waals surface area contributed by atoms with Crippen molar-refractivity contribution in [2.75, 3.05) is 0 Å². The molecule has 3 rings (SSSR count). The summed E-state index contributed by atoms with van der Waals surface area (Å²) in [5.74, 6) is -0.614. The van der Waals surface area contributed by atoms with Crippen molar-refractivity contribution in [3.8, 4) is 0 Å². The second-order valence-corrected chi connectivity index (χ2v) is 6.75. The third-order valence-corrected chi connectivity index (χ3v) is 4.65. The summed E-state index contributed by atoms with van der Waals surface area (Å²) < 4.78 is 32.0. The number of aromatic nitrogens is 1. The number of oxazole rings is 1. The summed E-state index contributed by atoms with van der Waals surface area (Å²) in [5.41, 5.74) is 2.61. The smallest absolute Gasteiger partial charge is 0.408 e. The number of aromatic amines is 1. The minimum Gasteiger partial charge on any atom is -0.408 e. The SMILES string of the molecule is Cc1cccc(CNS(=O)(=O)c2ccc3oc(=O)[nH]c3c2)c1. The average molecular weight is 318 g/mol. The number of fused-ring (bicyclic) bond motifs is 1. The van der Waals surface area contributed by atoms with E-state index in [2.05, 4.69) is 9.71 Å². The zero-order chi connectivity index (χ0) is 15.7. The molecule has 2 N–H and O–H groups in total. The van der Waals surface area contributed by atoms with Gasteiger partial charge in [0.05, 0.1) is 10.4 Å². The Morgan fingerprint density at radius 3 is 2.77 bits per heavy atom. The van der Waals surface area contributed by atoms with Gasteiger partial charge in [0.2, 0.25) is 10.0 Å². The minimum absolute atomic E-state index is 0.0738. The summed E-state index contributed by atoms with van der Waals surface area (Å²) in [6.07, 6.45) is 0. The first kappa shape index (κ1) is 14.6. The zero-order valence-corrected chi connectivity index (χ0v) is 12.6. The van der Waals surface area contributed by atoms with E-state index in [1.807, 2.05) is 31.2 Å². The van der Waals surface area contributed by atoms with Crippen LogP contribution in [-0.4, -0.2) is 13.4 Å². The van der Waals surface area contributed by atoms with Crippen molar-refractivity contribution in [3.63, 3.8) is 0 Å². The first-order chi connectivity index (χ1) is 10.4. The molecule has 0 aliphatic heterocycles. The molecule has 0 atom stereocenters. The average Bonchev–Trinajstić information content (AvgIpc) is 2.84. The molecule has 0 fully saturated rings. The molecule has 3 aromatic rings. The maximum Gasteiger partial charge on any atom is 0.417 e. The Morgan fingerprint density at radius 2 is 2.00 bits per heavy atom. The van der Waals surface area contributed by atoms with E-state index < -0.39 is 15.8 Å². The van der Waals surface area contributed by atoms with Crippen LogP contribution in [-0.2, 0) is 16.6 Å². The standard InChI is InChI=1S/C15H14N2O4S/c1-10-3-2-4-11(7-10)9-16-22(19,20)12-5-6-14-13(8-12)17-15(18)21-14/h2-8,16H,9H2,1H3,(H,17,18). The van der Waals surface area contributed by atoms with Crippen molar-refractivity contribution in [1.82, 2.24) is 9.71 Å². The van der Waals surface area contributed by atoms with Crippen molar-refractivity contribution >= 4 is 21.1 Å². The number of nitrogens with one attached hydrogen (secondary N) is 2. The number of hydrogen-bond acceptors (Lipinski definition) is 4. The van der Waals surface area contributed by atoms with Gasteiger partial charge in [0.1, 0.15) is 0 Å². The summed E-state index contributed by atoms with van der Waals surface area (Å²) in [6, 6.07) is 11.8. The summed E-state index contributed by atoms with van der Waals surface area (Å²) >= 11 is 0. The van der Waals surface area contributed by atoms with Crippen molar-refractivity contribution in [2.45, 2.75) is 18.4 Å². The second-order valence-electron chi connectivity index (χ2n) is 4.99. The molecular formula is C15H14N2O4S. The lowest BCUT2D eigenvalue weighted by Crippen LogP contribution is -2.23. The fraction of sp³-hybridized carbons (Fsp3) is 0.133. The third kappa shape index (κ3) is 2.95. The number of sulfonamides is 1. The van der Waals surface area contributed by atoms with Crippen LogP contribution in [0.25, 0.3) is 11.1 Å². The van der Waals surface area contributed by atoms with Crippen LogP contribution in [0.5, 0.6) is 0 Å². The lowest BCUT2D eigenvalue weighted by molar-refractivity contribution is 0.555. The molecule has 0 aliphatic rings. The molecule has 0 aliphatic carbocycles. The van der Waals surface area contributed by atoms with Gasteiger partial charge < -0.3 is 4.42 Å². The van der Waals surface area contributed by atoms with Crippen LogP contribution < -0.4 is 10.5 Å². The Kier molecular flexibility index (Phi) is 3.59. The van der Waals surface area contributed by atoms with Gasteiger partial charge in [-0.15, -0.1) is 0 Å². The quantitative estimate of drug-likeness (QED) is 0.768. The van der Waals surface area contributed by atoms with Crippen LogP contribution in [0.2, 0.25) is 0 Å². The monoisotopic (exact) mass is 318 g/mol. The van der Waals surface area contributed by atoms with Crippen LogP contribution in [0, 0.1) is 6.92 Å². The highest BCUT2D eigenvalue weighted by Gasteiger charge is 2.15. The Labute approximate surface area is 126 Å². The molecule has 0 saturated heterocycles. The molecular weight excluding hydrogens is 304 g/mol. The molecule has 6 nitrogen and oxygen atoms in total. The lowest BCUT2D eigenvalue weighted by atomic mass is 10.1. The van der Waals surface area contributed by atoms with Crippen LogP contribution in [0.4, 0.5) is 0 Å². The fourth-order valence-corrected chi connectivity index (χ4v) is 3.23. The molecule has 0 bridgehead atoms. The number of rotatable bonds is 4. The van der Waals surface area contributed by atoms with Gasteiger partial charge in [-0.25, -0.2) is 17.9 Å². The molecule has 1 heterocycles. The number of hydrogen-bond donors (Lipinski definition) is 2. The first-order valence-corrected chi connectivity index (χ1v) is 8.10. The normalized spacial score (nSPS) is 11.9. The third-order valence-electron chi connectivity index (χ3n) is 3.25. The predicted molar refractivity (Wildman–Crippen MR) is 82.0 cm³/mol. The Bertz CT molecular complexity index is 986. The number of benzene rings is 2. The Hall–Kier alpha value is -2.38. The summed E-state index contributed by atoms with van der Waals surface area (Å²) in [7, 11) is -3.67. The van der Waals surface area contributed by atoms with Crippen molar-refractivity contribution in [3.05, 3.63) is 64.1 Å². The Morgan fingerprint density at radius 1 is 1.18 bits per heavy atom. The maximum absolute atomic E-state index is 12.3. The zero-order valence-electron chi connectivity index (χ0n) is 11.8. The van der Waals surface area contributed by atoms with E-state index in [4.69, 9.17) is 4.42 Å². The predicted octanol–water partition coefficient (Wildman–Crippen LogP) is 1.91. The molecule has 2 aromatic carbocycles. The van der Waals surface area contributed by atoms with Gasteiger partial charge in [-0.3, -0.25) is 4.98 Å². The van der Waals surface area contributed by atoms with Crippen molar-refractivity contribution in [2.24, 2.45) is 0 Å². The maximum atomic E-state index is 12.3. The highest BCUT2D eigenvalue weighted by Crippen LogP contribution is 2.16. The topological polar surface area (TPSA) is 92.2 Å². The summed E-state index contributed by atoms with van der Waals surface area (Å²) in [6.45, 7) is 2.14. The van der Waals surface area contributed by atoms with Crippen molar-refractivity contribution in [1.29, 1.82) is 0 Å². The summed E-state index contributed by atoms with van der Waals surface area (Å²) in [4.78, 5) is 13.6. The van der Waals surface area contributed by atoms with Gasteiger partial charge >= 0.3 is 5.76 Å². The minimum atomic E-state index is -3.67. The summed E-state index contributed by atoms with van der Waals surface area (Å²) in [5, 5.41) is 0. The molecule has 0 spiro atoms. The van der Waals surface area contributed by atoms with Gasteiger partial charge in [-0.05, 0) is 30.7 Å². The molecule has 114 valence electrons. The molecule has 1 aromatic heterocycles. The van der Waals surface area contributed by atoms with E-state index in [9.17, 15) is 13.2 Å². The molecule has 0 radical (unpaired) electrons. The van der Waals surface area contributed by atoms with Crippen LogP contribution >= 0.6 is 0 Å². The van der Waals surface area contributed by atoms with E-state index >= 15 is 0 Å². The van der Waals surface area contributed by atoms with E-state index in [1.165, 1.54) is 18.2 Å². The van der Waals surface area contributed by atoms with Crippen molar-refractivity contribution < 1.29 is 12.8 Å². The molecule has 0 unspecified atom stereocenters. The second kappa shape index (κ2) is 5.43. The molecule has 22 heavy (non-hydrogen) atoms. The molecule has 0 saturated carbocycles. The van der Waals surface area contributed by atoms with Gasteiger partial charge in [-0.1, -0.05) is 29.8 Å². The van der Waals surface area contributed by atoms with Crippen LogP contribution in [0.1, 0.15) is 11.1 Å². The number of aryl methyl sites for hydroxylation is 1. The Balaban J connectivity index is 1.86. The largest absolute Gasteiger partial charge is 0.417 e. The van der Waals surface area contributed by atoms with E-state index in [1.54, 1.807) is 0 Å². The van der Waals surface area contributed by atoms with E-state index in [0.29, 0.717) is 11.1 Å². The highest BCUT2D eigenvalue weighted by atomic mass is 32.2. The highest BCUT2D eigenvalue weighted by molar-refractivity contribution is 7.89. The van der Waals surface area contributed by atoms with E-state index in [0.717, 1.165) is 11.1 Å². The molecule has 0 amide bonds. The lowest BCUT2D eigenvalue weighted by Gasteiger charge is -2.07. The van der Waals surface area contributed by atoms with Gasteiger partial charge in [0.15, 0.2) is 5.58 Å². The fourth-order valence-electron chi connectivity index (χ4n) is 2.18. The van der Waals surface area contributed by atoms with Crippen LogP contribution in [0.15, 0.2) is 56.6 Å². The number of H-pyrrole nitrogens is 1. The first-order valence-electron chi connectivity index (χ1n) is 6.62. The van der Waals surface area contributed by atoms with Gasteiger partial charge in [0, 0.05) is 6.54 Å².